The molecule has 0 aromatic carbocycles. The fourth-order valence-corrected chi connectivity index (χ4v) is 4.21. The first-order valence-corrected chi connectivity index (χ1v) is 7.93. The van der Waals surface area contributed by atoms with Crippen molar-refractivity contribution in [2.75, 3.05) is 25.4 Å². The minimum atomic E-state index is -3.69. The average Bonchev–Trinajstić information content (AvgIpc) is 2.28. The predicted molar refractivity (Wildman–Crippen MR) is 65.0 cm³/mol. The van der Waals surface area contributed by atoms with Crippen LogP contribution in [0.1, 0.15) is 32.1 Å². The van der Waals surface area contributed by atoms with Crippen LogP contribution in [0.5, 0.6) is 0 Å². The minimum absolute atomic E-state index is 0.0697. The van der Waals surface area contributed by atoms with E-state index in [0.717, 1.165) is 32.1 Å². The maximum Gasteiger partial charge on any atom is 0.252 e. The highest BCUT2D eigenvalue weighted by Crippen LogP contribution is 2.25. The molecule has 18 heavy (non-hydrogen) atoms. The van der Waals surface area contributed by atoms with Gasteiger partial charge in [-0.3, -0.25) is 0 Å². The van der Waals surface area contributed by atoms with Crippen LogP contribution in [0, 0.1) is 5.92 Å². The molecule has 1 aliphatic rings. The molecule has 108 valence electrons. The second-order valence-electron chi connectivity index (χ2n) is 4.76. The molecule has 1 saturated carbocycles. The first-order chi connectivity index (χ1) is 8.45. The molecule has 7 heteroatoms. The number of hydrogen-bond donors (Lipinski definition) is 1. The van der Waals surface area contributed by atoms with Crippen molar-refractivity contribution in [3.63, 3.8) is 0 Å². The van der Waals surface area contributed by atoms with E-state index >= 15 is 0 Å². The number of aliphatic hydroxyl groups excluding tert-OH is 1. The van der Waals surface area contributed by atoms with Crippen LogP contribution in [-0.2, 0) is 10.0 Å². The molecule has 0 atom stereocenters. The Morgan fingerprint density at radius 3 is 2.33 bits per heavy atom. The van der Waals surface area contributed by atoms with Gasteiger partial charge >= 0.3 is 0 Å². The van der Waals surface area contributed by atoms with E-state index in [1.165, 1.54) is 0 Å². The maximum absolute atomic E-state index is 12.3. The Kier molecular flexibility index (Phi) is 6.45. The highest BCUT2D eigenvalue weighted by molar-refractivity contribution is 7.89. The lowest BCUT2D eigenvalue weighted by Crippen LogP contribution is -2.40. The predicted octanol–water partition coefficient (Wildman–Crippen LogP) is 1.46. The van der Waals surface area contributed by atoms with Crippen LogP contribution in [0.3, 0.4) is 0 Å². The van der Waals surface area contributed by atoms with Crippen LogP contribution in [0.15, 0.2) is 0 Å². The van der Waals surface area contributed by atoms with Crippen molar-refractivity contribution in [1.29, 1.82) is 0 Å². The lowest BCUT2D eigenvalue weighted by Gasteiger charge is -2.26. The Morgan fingerprint density at radius 2 is 1.83 bits per heavy atom. The monoisotopic (exact) mass is 285 g/mol. The smallest absolute Gasteiger partial charge is 0.252 e. The first-order valence-electron chi connectivity index (χ1n) is 6.32. The molecule has 0 aliphatic heterocycles. The highest BCUT2D eigenvalue weighted by Gasteiger charge is 2.28. The fourth-order valence-electron chi connectivity index (χ4n) is 2.37. The summed E-state index contributed by atoms with van der Waals surface area (Å²) in [5.41, 5.74) is 0. The summed E-state index contributed by atoms with van der Waals surface area (Å²) in [6.07, 6.45) is 2.12. The van der Waals surface area contributed by atoms with Crippen LogP contribution in [0.2, 0.25) is 0 Å². The third-order valence-electron chi connectivity index (χ3n) is 3.26. The zero-order chi connectivity index (χ0) is 13.6. The van der Waals surface area contributed by atoms with Crippen molar-refractivity contribution >= 4 is 10.0 Å². The molecule has 0 radical (unpaired) electrons. The van der Waals surface area contributed by atoms with E-state index in [1.807, 2.05) is 0 Å². The first kappa shape index (κ1) is 15.8. The number of nitrogens with zero attached hydrogens (tertiary/aromatic N) is 1. The van der Waals surface area contributed by atoms with Crippen molar-refractivity contribution in [2.45, 2.75) is 38.5 Å². The van der Waals surface area contributed by atoms with Crippen molar-refractivity contribution in [3.8, 4) is 0 Å². The van der Waals surface area contributed by atoms with E-state index in [4.69, 9.17) is 5.11 Å². The Morgan fingerprint density at radius 1 is 1.22 bits per heavy atom. The molecular weight excluding hydrogens is 264 g/mol. The molecule has 1 N–H and O–H groups in total. The van der Waals surface area contributed by atoms with Gasteiger partial charge in [0.1, 0.15) is 0 Å². The molecule has 1 rings (SSSR count). The number of halogens is 2. The van der Waals surface area contributed by atoms with E-state index in [0.29, 0.717) is 4.31 Å². The summed E-state index contributed by atoms with van der Waals surface area (Å²) in [5, 5.41) is 8.77. The van der Waals surface area contributed by atoms with Crippen LogP contribution in [0.4, 0.5) is 8.78 Å². The normalized spacial score (nSPS) is 18.7. The van der Waals surface area contributed by atoms with E-state index in [2.05, 4.69) is 0 Å². The van der Waals surface area contributed by atoms with Crippen LogP contribution in [0.25, 0.3) is 0 Å². The Hall–Kier alpha value is -0.270. The average molecular weight is 285 g/mol. The summed E-state index contributed by atoms with van der Waals surface area (Å²) in [4.78, 5) is 0. The maximum atomic E-state index is 12.3. The SMILES string of the molecule is O=S(=O)(CC1CCCCC1)N(CCO)CC(F)F. The molecule has 1 fully saturated rings. The van der Waals surface area contributed by atoms with E-state index in [-0.39, 0.29) is 18.2 Å². The summed E-state index contributed by atoms with van der Waals surface area (Å²) < 4.78 is 49.4. The van der Waals surface area contributed by atoms with Gasteiger partial charge in [0.2, 0.25) is 10.0 Å². The molecule has 0 aromatic rings. The third kappa shape index (κ3) is 5.16. The minimum Gasteiger partial charge on any atom is -0.395 e. The van der Waals surface area contributed by atoms with Crippen LogP contribution in [-0.4, -0.2) is 49.7 Å². The summed E-state index contributed by atoms with van der Waals surface area (Å²) in [5.74, 6) is 0.00214. The second-order valence-corrected chi connectivity index (χ2v) is 6.77. The summed E-state index contributed by atoms with van der Waals surface area (Å²) in [6.45, 7) is -1.51. The van der Waals surface area contributed by atoms with E-state index < -0.39 is 29.6 Å². The van der Waals surface area contributed by atoms with Gasteiger partial charge in [-0.15, -0.1) is 0 Å². The van der Waals surface area contributed by atoms with Gasteiger partial charge in [-0.25, -0.2) is 17.2 Å². The van der Waals surface area contributed by atoms with Gasteiger partial charge in [0, 0.05) is 6.54 Å². The number of aliphatic hydroxyl groups is 1. The van der Waals surface area contributed by atoms with Crippen molar-refractivity contribution in [1.82, 2.24) is 4.31 Å². The quantitative estimate of drug-likeness (QED) is 0.770. The van der Waals surface area contributed by atoms with Crippen molar-refractivity contribution in [3.05, 3.63) is 0 Å². The van der Waals surface area contributed by atoms with Gasteiger partial charge in [0.25, 0.3) is 6.43 Å². The molecule has 0 spiro atoms. The number of sulfonamides is 1. The molecule has 0 bridgehead atoms. The standard InChI is InChI=1S/C11H21F2NO3S/c12-11(13)8-14(6-7-15)18(16,17)9-10-4-2-1-3-5-10/h10-11,15H,1-9H2. The Bertz CT molecular complexity index is 329. The number of alkyl halides is 2. The van der Waals surface area contributed by atoms with Crippen molar-refractivity contribution in [2.24, 2.45) is 5.92 Å². The van der Waals surface area contributed by atoms with Gasteiger partial charge in [-0.1, -0.05) is 19.3 Å². The highest BCUT2D eigenvalue weighted by atomic mass is 32.2. The molecule has 0 amide bonds. The van der Waals surface area contributed by atoms with Gasteiger partial charge in [-0.05, 0) is 18.8 Å². The lowest BCUT2D eigenvalue weighted by atomic mass is 9.91. The molecule has 0 saturated heterocycles. The van der Waals surface area contributed by atoms with Gasteiger partial charge in [-0.2, -0.15) is 4.31 Å². The lowest BCUT2D eigenvalue weighted by molar-refractivity contribution is 0.112. The molecule has 0 heterocycles. The summed E-state index contributed by atoms with van der Waals surface area (Å²) in [7, 11) is -3.69. The number of hydrogen-bond acceptors (Lipinski definition) is 3. The molecule has 1 aliphatic carbocycles. The summed E-state index contributed by atoms with van der Waals surface area (Å²) in [6, 6.07) is 0. The molecular formula is C11H21F2NO3S. The van der Waals surface area contributed by atoms with Crippen LogP contribution >= 0.6 is 0 Å². The van der Waals surface area contributed by atoms with Crippen molar-refractivity contribution < 1.29 is 22.3 Å². The Labute approximate surface area is 107 Å². The number of rotatable bonds is 7. The van der Waals surface area contributed by atoms with E-state index in [1.54, 1.807) is 0 Å². The van der Waals surface area contributed by atoms with E-state index in [9.17, 15) is 17.2 Å². The molecule has 4 nitrogen and oxygen atoms in total. The van der Waals surface area contributed by atoms with Crippen LogP contribution < -0.4 is 0 Å². The molecule has 0 aromatic heterocycles. The van der Waals surface area contributed by atoms with Gasteiger partial charge < -0.3 is 5.11 Å². The fraction of sp³-hybridized carbons (Fsp3) is 1.00. The summed E-state index contributed by atoms with van der Waals surface area (Å²) >= 11 is 0. The van der Waals surface area contributed by atoms with Gasteiger partial charge in [0.05, 0.1) is 18.9 Å². The largest absolute Gasteiger partial charge is 0.395 e. The third-order valence-corrected chi connectivity index (χ3v) is 5.27. The second kappa shape index (κ2) is 7.35. The Balaban J connectivity index is 2.61. The zero-order valence-corrected chi connectivity index (χ0v) is 11.2. The molecule has 0 unspecified atom stereocenters. The van der Waals surface area contributed by atoms with Gasteiger partial charge in [0.15, 0.2) is 0 Å². The topological polar surface area (TPSA) is 57.6 Å². The zero-order valence-electron chi connectivity index (χ0n) is 10.4.